The summed E-state index contributed by atoms with van der Waals surface area (Å²) in [4.78, 5) is 0. The molecule has 2 aromatic rings. The van der Waals surface area contributed by atoms with Crippen LogP contribution in [0, 0.1) is 30.2 Å². The van der Waals surface area contributed by atoms with Crippen LogP contribution in [0.1, 0.15) is 24.1 Å². The molecule has 2 rings (SSSR count). The number of aryl methyl sites for hydroxylation is 1. The predicted molar refractivity (Wildman–Crippen MR) is 69.5 cm³/mol. The number of hydrogen-bond acceptors (Lipinski definition) is 1. The standard InChI is InChI=1S/C15H13F4N/c1-8-5-14(19)15(7-12(8)17)20-9(2)10-3-4-11(16)13(18)6-10/h3-7,9,20H,1-2H3. The summed E-state index contributed by atoms with van der Waals surface area (Å²) in [6, 6.07) is 5.03. The van der Waals surface area contributed by atoms with Crippen LogP contribution < -0.4 is 5.32 Å². The Morgan fingerprint density at radius 3 is 2.20 bits per heavy atom. The van der Waals surface area contributed by atoms with Crippen molar-refractivity contribution < 1.29 is 17.6 Å². The van der Waals surface area contributed by atoms with Gasteiger partial charge in [-0.25, -0.2) is 17.6 Å². The summed E-state index contributed by atoms with van der Waals surface area (Å²) >= 11 is 0. The van der Waals surface area contributed by atoms with Crippen LogP contribution in [0.15, 0.2) is 30.3 Å². The highest BCUT2D eigenvalue weighted by atomic mass is 19.2. The molecule has 0 aliphatic carbocycles. The van der Waals surface area contributed by atoms with Gasteiger partial charge < -0.3 is 5.32 Å². The summed E-state index contributed by atoms with van der Waals surface area (Å²) in [7, 11) is 0. The van der Waals surface area contributed by atoms with Crippen LogP contribution >= 0.6 is 0 Å². The average Bonchev–Trinajstić information content (AvgIpc) is 2.39. The highest BCUT2D eigenvalue weighted by Gasteiger charge is 2.13. The molecule has 1 atom stereocenters. The maximum absolute atomic E-state index is 13.7. The Morgan fingerprint density at radius 1 is 0.850 bits per heavy atom. The maximum Gasteiger partial charge on any atom is 0.159 e. The van der Waals surface area contributed by atoms with Gasteiger partial charge in [-0.15, -0.1) is 0 Å². The average molecular weight is 283 g/mol. The molecular formula is C15H13F4N. The largest absolute Gasteiger partial charge is 0.376 e. The third-order valence-electron chi connectivity index (χ3n) is 3.06. The van der Waals surface area contributed by atoms with Crippen molar-refractivity contribution in [1.29, 1.82) is 0 Å². The highest BCUT2D eigenvalue weighted by molar-refractivity contribution is 5.48. The van der Waals surface area contributed by atoms with E-state index >= 15 is 0 Å². The first kappa shape index (κ1) is 14.4. The molecule has 106 valence electrons. The zero-order valence-corrected chi connectivity index (χ0v) is 11.0. The lowest BCUT2D eigenvalue weighted by atomic mass is 10.1. The molecule has 0 aliphatic heterocycles. The second-order valence-electron chi connectivity index (χ2n) is 4.62. The zero-order valence-electron chi connectivity index (χ0n) is 11.0. The second kappa shape index (κ2) is 5.53. The van der Waals surface area contributed by atoms with Gasteiger partial charge in [0.25, 0.3) is 0 Å². The van der Waals surface area contributed by atoms with Crippen molar-refractivity contribution in [2.24, 2.45) is 0 Å². The van der Waals surface area contributed by atoms with E-state index in [4.69, 9.17) is 0 Å². The van der Waals surface area contributed by atoms with Crippen LogP contribution in [0.5, 0.6) is 0 Å². The van der Waals surface area contributed by atoms with Gasteiger partial charge in [-0.2, -0.15) is 0 Å². The molecule has 0 spiro atoms. The van der Waals surface area contributed by atoms with Crippen LogP contribution in [0.3, 0.4) is 0 Å². The normalized spacial score (nSPS) is 12.3. The Bertz CT molecular complexity index is 640. The van der Waals surface area contributed by atoms with E-state index in [0.29, 0.717) is 5.56 Å². The van der Waals surface area contributed by atoms with Gasteiger partial charge in [0.05, 0.1) is 5.69 Å². The number of hydrogen-bond donors (Lipinski definition) is 1. The van der Waals surface area contributed by atoms with Gasteiger partial charge in [-0.05, 0) is 43.2 Å². The molecule has 5 heteroatoms. The van der Waals surface area contributed by atoms with E-state index in [1.807, 2.05) is 0 Å². The molecule has 0 saturated carbocycles. The van der Waals surface area contributed by atoms with E-state index in [1.165, 1.54) is 13.0 Å². The molecule has 0 saturated heterocycles. The topological polar surface area (TPSA) is 12.0 Å². The van der Waals surface area contributed by atoms with Gasteiger partial charge in [0.15, 0.2) is 11.6 Å². The Kier molecular flexibility index (Phi) is 3.97. The molecule has 0 amide bonds. The third-order valence-corrected chi connectivity index (χ3v) is 3.06. The molecule has 0 bridgehead atoms. The van der Waals surface area contributed by atoms with Crippen molar-refractivity contribution in [2.45, 2.75) is 19.9 Å². The first-order valence-corrected chi connectivity index (χ1v) is 6.05. The second-order valence-corrected chi connectivity index (χ2v) is 4.62. The zero-order chi connectivity index (χ0) is 14.9. The smallest absolute Gasteiger partial charge is 0.159 e. The monoisotopic (exact) mass is 283 g/mol. The molecule has 0 radical (unpaired) electrons. The van der Waals surface area contributed by atoms with Crippen molar-refractivity contribution in [3.05, 3.63) is 64.7 Å². The number of benzene rings is 2. The highest BCUT2D eigenvalue weighted by Crippen LogP contribution is 2.25. The molecule has 2 aromatic carbocycles. The van der Waals surface area contributed by atoms with E-state index in [0.717, 1.165) is 24.3 Å². The van der Waals surface area contributed by atoms with Gasteiger partial charge in [0.2, 0.25) is 0 Å². The number of halogens is 4. The Morgan fingerprint density at radius 2 is 1.55 bits per heavy atom. The van der Waals surface area contributed by atoms with Crippen LogP contribution in [0.25, 0.3) is 0 Å². The van der Waals surface area contributed by atoms with Crippen LogP contribution in [-0.4, -0.2) is 0 Å². The summed E-state index contributed by atoms with van der Waals surface area (Å²) in [5.41, 5.74) is 0.614. The molecule has 1 nitrogen and oxygen atoms in total. The lowest BCUT2D eigenvalue weighted by Gasteiger charge is -2.17. The molecule has 1 N–H and O–H groups in total. The molecular weight excluding hydrogens is 270 g/mol. The summed E-state index contributed by atoms with van der Waals surface area (Å²) in [5, 5.41) is 2.74. The van der Waals surface area contributed by atoms with E-state index in [9.17, 15) is 17.6 Å². The first-order valence-electron chi connectivity index (χ1n) is 6.05. The van der Waals surface area contributed by atoms with Crippen molar-refractivity contribution in [1.82, 2.24) is 0 Å². The molecule has 0 fully saturated rings. The fourth-order valence-electron chi connectivity index (χ4n) is 1.86. The van der Waals surface area contributed by atoms with E-state index in [-0.39, 0.29) is 11.3 Å². The lowest BCUT2D eigenvalue weighted by molar-refractivity contribution is 0.506. The van der Waals surface area contributed by atoms with E-state index in [1.54, 1.807) is 6.92 Å². The van der Waals surface area contributed by atoms with Gasteiger partial charge in [-0.1, -0.05) is 6.07 Å². The SMILES string of the molecule is Cc1cc(F)c(NC(C)c2ccc(F)c(F)c2)cc1F. The van der Waals surface area contributed by atoms with Gasteiger partial charge in [0.1, 0.15) is 11.6 Å². The number of rotatable bonds is 3. The molecule has 0 aromatic heterocycles. The molecule has 0 aliphatic rings. The van der Waals surface area contributed by atoms with Crippen LogP contribution in [0.4, 0.5) is 23.2 Å². The number of anilines is 1. The first-order chi connectivity index (χ1) is 9.38. The van der Waals surface area contributed by atoms with Crippen molar-refractivity contribution >= 4 is 5.69 Å². The van der Waals surface area contributed by atoms with Gasteiger partial charge >= 0.3 is 0 Å². The Balaban J connectivity index is 2.25. The van der Waals surface area contributed by atoms with Gasteiger partial charge in [0, 0.05) is 12.1 Å². The quantitative estimate of drug-likeness (QED) is 0.803. The molecule has 0 heterocycles. The molecule has 20 heavy (non-hydrogen) atoms. The lowest BCUT2D eigenvalue weighted by Crippen LogP contribution is -2.09. The fraction of sp³-hybridized carbons (Fsp3) is 0.200. The van der Waals surface area contributed by atoms with E-state index in [2.05, 4.69) is 5.32 Å². The van der Waals surface area contributed by atoms with Crippen molar-refractivity contribution in [2.75, 3.05) is 5.32 Å². The molecule has 1 unspecified atom stereocenters. The van der Waals surface area contributed by atoms with E-state index < -0.39 is 29.3 Å². The summed E-state index contributed by atoms with van der Waals surface area (Å²) in [6.45, 7) is 3.10. The minimum atomic E-state index is -0.980. The Labute approximate surface area is 114 Å². The van der Waals surface area contributed by atoms with Gasteiger partial charge in [-0.3, -0.25) is 0 Å². The predicted octanol–water partition coefficient (Wildman–Crippen LogP) is 4.72. The summed E-state index contributed by atoms with van der Waals surface area (Å²) in [6.07, 6.45) is 0. The van der Waals surface area contributed by atoms with Crippen molar-refractivity contribution in [3.8, 4) is 0 Å². The maximum atomic E-state index is 13.7. The van der Waals surface area contributed by atoms with Crippen LogP contribution in [0.2, 0.25) is 0 Å². The minimum Gasteiger partial charge on any atom is -0.376 e. The third kappa shape index (κ3) is 2.92. The fourth-order valence-corrected chi connectivity index (χ4v) is 1.86. The minimum absolute atomic E-state index is 0.0228. The van der Waals surface area contributed by atoms with Crippen molar-refractivity contribution in [3.63, 3.8) is 0 Å². The number of nitrogens with one attached hydrogen (secondary N) is 1. The summed E-state index contributed by atoms with van der Waals surface area (Å²) < 4.78 is 53.1. The summed E-state index contributed by atoms with van der Waals surface area (Å²) in [5.74, 6) is -3.06. The van der Waals surface area contributed by atoms with Crippen LogP contribution in [-0.2, 0) is 0 Å². The Hall–Kier alpha value is -2.04.